The fourth-order valence-corrected chi connectivity index (χ4v) is 3.21. The van der Waals surface area contributed by atoms with Crippen LogP contribution in [0.25, 0.3) is 0 Å². The molecule has 0 radical (unpaired) electrons. The number of nitrogens with zero attached hydrogens (tertiary/aromatic N) is 3. The van der Waals surface area contributed by atoms with Crippen molar-refractivity contribution in [3.63, 3.8) is 0 Å². The van der Waals surface area contributed by atoms with Crippen molar-refractivity contribution in [2.45, 2.75) is 26.7 Å². The summed E-state index contributed by atoms with van der Waals surface area (Å²) in [6.07, 6.45) is 1.99. The highest BCUT2D eigenvalue weighted by molar-refractivity contribution is 5.95. The van der Waals surface area contributed by atoms with Gasteiger partial charge in [-0.2, -0.15) is 0 Å². The van der Waals surface area contributed by atoms with E-state index in [4.69, 9.17) is 0 Å². The van der Waals surface area contributed by atoms with E-state index in [-0.39, 0.29) is 35.7 Å². The summed E-state index contributed by atoms with van der Waals surface area (Å²) in [5.41, 5.74) is 1.76. The number of nitrogens with one attached hydrogen (secondary N) is 1. The summed E-state index contributed by atoms with van der Waals surface area (Å²) < 4.78 is 0. The van der Waals surface area contributed by atoms with Crippen LogP contribution in [0.2, 0.25) is 0 Å². The number of rotatable bonds is 5. The zero-order chi connectivity index (χ0) is 18.8. The van der Waals surface area contributed by atoms with Crippen molar-refractivity contribution >= 4 is 23.2 Å². The van der Waals surface area contributed by atoms with Crippen molar-refractivity contribution < 1.29 is 14.5 Å². The molecule has 0 atom stereocenters. The second-order valence-corrected chi connectivity index (χ2v) is 7.08. The first-order chi connectivity index (χ1) is 12.4. The Balaban J connectivity index is 1.57. The van der Waals surface area contributed by atoms with Crippen LogP contribution in [0.15, 0.2) is 12.1 Å². The average Bonchev–Trinajstić information content (AvgIpc) is 3.44. The third-order valence-corrected chi connectivity index (χ3v) is 5.15. The van der Waals surface area contributed by atoms with E-state index in [1.807, 2.05) is 16.7 Å². The lowest BCUT2D eigenvalue weighted by molar-refractivity contribution is -0.384. The van der Waals surface area contributed by atoms with Crippen LogP contribution in [0.5, 0.6) is 0 Å². The Kier molecular flexibility index (Phi) is 5.22. The van der Waals surface area contributed by atoms with Crippen molar-refractivity contribution in [3.05, 3.63) is 33.4 Å². The number of anilines is 1. The summed E-state index contributed by atoms with van der Waals surface area (Å²) in [4.78, 5) is 39.1. The number of carbonyl (C=O) groups is 2. The molecule has 2 amide bonds. The molecule has 8 nitrogen and oxygen atoms in total. The van der Waals surface area contributed by atoms with Crippen molar-refractivity contribution in [2.24, 2.45) is 5.92 Å². The highest BCUT2D eigenvalue weighted by atomic mass is 16.6. The van der Waals surface area contributed by atoms with Gasteiger partial charge in [0, 0.05) is 38.2 Å². The molecule has 1 saturated carbocycles. The molecular formula is C18H24N4O4. The normalized spacial score (nSPS) is 17.8. The minimum Gasteiger partial charge on any atom is -0.340 e. The molecule has 1 aromatic rings. The van der Waals surface area contributed by atoms with E-state index in [1.54, 1.807) is 13.0 Å². The second-order valence-electron chi connectivity index (χ2n) is 7.08. The van der Waals surface area contributed by atoms with E-state index >= 15 is 0 Å². The molecular weight excluding hydrogens is 336 g/mol. The number of hydrogen-bond acceptors (Lipinski definition) is 5. The minimum atomic E-state index is -0.482. The molecule has 1 aromatic carbocycles. The van der Waals surface area contributed by atoms with E-state index < -0.39 is 4.92 Å². The van der Waals surface area contributed by atoms with Gasteiger partial charge in [-0.3, -0.25) is 24.6 Å². The third kappa shape index (κ3) is 4.01. The first-order valence-corrected chi connectivity index (χ1v) is 8.92. The Bertz CT molecular complexity index is 737. The third-order valence-electron chi connectivity index (χ3n) is 5.15. The van der Waals surface area contributed by atoms with Gasteiger partial charge in [-0.05, 0) is 37.8 Å². The first kappa shape index (κ1) is 18.3. The van der Waals surface area contributed by atoms with Crippen molar-refractivity contribution in [1.82, 2.24) is 9.80 Å². The van der Waals surface area contributed by atoms with Crippen molar-refractivity contribution in [3.8, 4) is 0 Å². The summed E-state index contributed by atoms with van der Waals surface area (Å²) in [5.74, 6) is 0.179. The Morgan fingerprint density at radius 3 is 2.42 bits per heavy atom. The molecule has 0 bridgehead atoms. The van der Waals surface area contributed by atoms with Crippen LogP contribution in [0, 0.1) is 29.9 Å². The zero-order valence-corrected chi connectivity index (χ0v) is 15.2. The smallest absolute Gasteiger partial charge is 0.293 e. The van der Waals surface area contributed by atoms with E-state index in [0.717, 1.165) is 18.4 Å². The Hall–Kier alpha value is -2.48. The van der Waals surface area contributed by atoms with Crippen LogP contribution >= 0.6 is 0 Å². The summed E-state index contributed by atoms with van der Waals surface area (Å²) in [5, 5.41) is 13.9. The van der Waals surface area contributed by atoms with Crippen LogP contribution in [0.4, 0.5) is 11.4 Å². The maximum Gasteiger partial charge on any atom is 0.293 e. The molecule has 1 aliphatic heterocycles. The Morgan fingerprint density at radius 1 is 1.19 bits per heavy atom. The molecule has 1 heterocycles. The summed E-state index contributed by atoms with van der Waals surface area (Å²) in [7, 11) is 0. The second kappa shape index (κ2) is 7.41. The highest BCUT2D eigenvalue weighted by Gasteiger charge is 2.34. The number of hydrogen-bond donors (Lipinski definition) is 1. The van der Waals surface area contributed by atoms with Gasteiger partial charge in [-0.1, -0.05) is 6.07 Å². The molecule has 0 spiro atoms. The highest BCUT2D eigenvalue weighted by Crippen LogP contribution is 2.31. The van der Waals surface area contributed by atoms with Crippen LogP contribution < -0.4 is 5.32 Å². The molecule has 0 aromatic heterocycles. The van der Waals surface area contributed by atoms with Gasteiger partial charge in [-0.25, -0.2) is 0 Å². The Morgan fingerprint density at radius 2 is 1.85 bits per heavy atom. The quantitative estimate of drug-likeness (QED) is 0.637. The topological polar surface area (TPSA) is 95.8 Å². The van der Waals surface area contributed by atoms with Crippen molar-refractivity contribution in [2.75, 3.05) is 38.0 Å². The van der Waals surface area contributed by atoms with Gasteiger partial charge in [0.15, 0.2) is 0 Å². The van der Waals surface area contributed by atoms with Gasteiger partial charge in [0.25, 0.3) is 5.69 Å². The lowest BCUT2D eigenvalue weighted by Gasteiger charge is -2.34. The summed E-state index contributed by atoms with van der Waals surface area (Å²) >= 11 is 0. The van der Waals surface area contributed by atoms with E-state index in [9.17, 15) is 19.7 Å². The molecule has 3 rings (SSSR count). The van der Waals surface area contributed by atoms with Crippen molar-refractivity contribution in [1.29, 1.82) is 0 Å². The predicted molar refractivity (Wildman–Crippen MR) is 96.9 cm³/mol. The van der Waals surface area contributed by atoms with Gasteiger partial charge in [0.2, 0.25) is 11.8 Å². The lowest BCUT2D eigenvalue weighted by atomic mass is 10.1. The van der Waals surface area contributed by atoms with Gasteiger partial charge in [0.1, 0.15) is 5.69 Å². The fraction of sp³-hybridized carbons (Fsp3) is 0.556. The van der Waals surface area contributed by atoms with Crippen LogP contribution in [0.3, 0.4) is 0 Å². The molecule has 2 aliphatic rings. The fourth-order valence-electron chi connectivity index (χ4n) is 3.21. The number of piperazine rings is 1. The maximum absolute atomic E-state index is 12.4. The number of carbonyl (C=O) groups excluding carboxylic acids is 2. The van der Waals surface area contributed by atoms with Crippen LogP contribution in [-0.2, 0) is 9.59 Å². The van der Waals surface area contributed by atoms with E-state index in [1.165, 1.54) is 6.07 Å². The standard InChI is InChI=1S/C18H24N4O4/c1-12-3-6-15(22(25)26)17(13(12)2)19-16(23)11-20-7-9-21(10-8-20)18(24)14-4-5-14/h3,6,14H,4-5,7-11H2,1-2H3,(H,19,23). The Labute approximate surface area is 152 Å². The average molecular weight is 360 g/mol. The summed E-state index contributed by atoms with van der Waals surface area (Å²) in [6, 6.07) is 3.10. The molecule has 1 N–H and O–H groups in total. The van der Waals surface area contributed by atoms with E-state index in [0.29, 0.717) is 31.7 Å². The zero-order valence-electron chi connectivity index (χ0n) is 15.2. The largest absolute Gasteiger partial charge is 0.340 e. The lowest BCUT2D eigenvalue weighted by Crippen LogP contribution is -2.50. The van der Waals surface area contributed by atoms with E-state index in [2.05, 4.69) is 5.32 Å². The molecule has 140 valence electrons. The number of benzene rings is 1. The maximum atomic E-state index is 12.4. The van der Waals surface area contributed by atoms with Gasteiger partial charge >= 0.3 is 0 Å². The molecule has 26 heavy (non-hydrogen) atoms. The monoisotopic (exact) mass is 360 g/mol. The van der Waals surface area contributed by atoms with Gasteiger partial charge in [0.05, 0.1) is 11.5 Å². The molecule has 1 aliphatic carbocycles. The predicted octanol–water partition coefficient (Wildman–Crippen LogP) is 1.70. The number of amides is 2. The van der Waals surface area contributed by atoms with Gasteiger partial charge in [-0.15, -0.1) is 0 Å². The van der Waals surface area contributed by atoms with Crippen LogP contribution in [-0.4, -0.2) is 59.3 Å². The van der Waals surface area contributed by atoms with Crippen LogP contribution in [0.1, 0.15) is 24.0 Å². The minimum absolute atomic E-state index is 0.0960. The number of aryl methyl sites for hydroxylation is 1. The molecule has 2 fully saturated rings. The molecule has 8 heteroatoms. The summed E-state index contributed by atoms with van der Waals surface area (Å²) in [6.45, 7) is 6.32. The number of nitro groups is 1. The molecule has 1 saturated heterocycles. The first-order valence-electron chi connectivity index (χ1n) is 8.92. The molecule has 0 unspecified atom stereocenters. The van der Waals surface area contributed by atoms with Gasteiger partial charge < -0.3 is 10.2 Å². The SMILES string of the molecule is Cc1ccc([N+](=O)[O-])c(NC(=O)CN2CCN(C(=O)C3CC3)CC2)c1C. The number of nitro benzene ring substituents is 1.